The standard InChI is InChI=1S/C9H20N2O2S2/c1-4-7-15(12,13)11-9(5-2,6-3)8(10)14/h11H,4-7H2,1-3H3,(H2,10,14). The van der Waals surface area contributed by atoms with Crippen LogP contribution < -0.4 is 10.5 Å². The Labute approximate surface area is 97.7 Å². The van der Waals surface area contributed by atoms with Gasteiger partial charge in [0.25, 0.3) is 0 Å². The van der Waals surface area contributed by atoms with Crippen molar-refractivity contribution in [1.29, 1.82) is 0 Å². The first kappa shape index (κ1) is 14.8. The normalized spacial score (nSPS) is 12.7. The van der Waals surface area contributed by atoms with Gasteiger partial charge in [0.05, 0.1) is 16.3 Å². The molecule has 0 heterocycles. The largest absolute Gasteiger partial charge is 0.392 e. The van der Waals surface area contributed by atoms with Gasteiger partial charge < -0.3 is 5.73 Å². The summed E-state index contributed by atoms with van der Waals surface area (Å²) in [7, 11) is -3.28. The van der Waals surface area contributed by atoms with Crippen LogP contribution in [0.5, 0.6) is 0 Å². The van der Waals surface area contributed by atoms with Crippen molar-refractivity contribution in [3.63, 3.8) is 0 Å². The summed E-state index contributed by atoms with van der Waals surface area (Å²) in [4.78, 5) is 0.215. The molecule has 0 fully saturated rings. The topological polar surface area (TPSA) is 72.2 Å². The predicted molar refractivity (Wildman–Crippen MR) is 67.3 cm³/mol. The van der Waals surface area contributed by atoms with Crippen LogP contribution in [0.1, 0.15) is 40.0 Å². The maximum atomic E-state index is 11.6. The zero-order valence-electron chi connectivity index (χ0n) is 9.54. The minimum Gasteiger partial charge on any atom is -0.392 e. The third kappa shape index (κ3) is 4.04. The zero-order valence-corrected chi connectivity index (χ0v) is 11.2. The van der Waals surface area contributed by atoms with Gasteiger partial charge in [0.2, 0.25) is 10.0 Å². The Bertz CT molecular complexity index is 308. The molecule has 0 atom stereocenters. The Morgan fingerprint density at radius 2 is 1.80 bits per heavy atom. The fourth-order valence-electron chi connectivity index (χ4n) is 1.41. The second kappa shape index (κ2) is 5.77. The lowest BCUT2D eigenvalue weighted by Crippen LogP contribution is -2.56. The molecule has 0 rings (SSSR count). The molecule has 0 spiro atoms. The Hall–Kier alpha value is -0.200. The number of thiocarbonyl (C=S) groups is 1. The molecule has 0 aliphatic rings. The lowest BCUT2D eigenvalue weighted by molar-refractivity contribution is 0.465. The summed E-state index contributed by atoms with van der Waals surface area (Å²) in [6.45, 7) is 5.56. The van der Waals surface area contributed by atoms with Gasteiger partial charge in [-0.2, -0.15) is 0 Å². The molecule has 0 aliphatic carbocycles. The molecule has 0 aromatic heterocycles. The van der Waals surface area contributed by atoms with E-state index in [4.69, 9.17) is 18.0 Å². The van der Waals surface area contributed by atoms with E-state index in [2.05, 4.69) is 4.72 Å². The van der Waals surface area contributed by atoms with E-state index in [0.717, 1.165) is 0 Å². The van der Waals surface area contributed by atoms with E-state index in [1.165, 1.54) is 0 Å². The summed E-state index contributed by atoms with van der Waals surface area (Å²) in [5, 5.41) is 0. The van der Waals surface area contributed by atoms with Gasteiger partial charge in [-0.05, 0) is 19.3 Å². The number of hydrogen-bond donors (Lipinski definition) is 2. The van der Waals surface area contributed by atoms with E-state index in [0.29, 0.717) is 19.3 Å². The van der Waals surface area contributed by atoms with E-state index in [1.54, 1.807) is 0 Å². The molecule has 0 radical (unpaired) electrons. The van der Waals surface area contributed by atoms with Gasteiger partial charge in [-0.3, -0.25) is 0 Å². The van der Waals surface area contributed by atoms with Crippen molar-refractivity contribution in [2.75, 3.05) is 5.75 Å². The summed E-state index contributed by atoms with van der Waals surface area (Å²) >= 11 is 4.93. The highest BCUT2D eigenvalue weighted by atomic mass is 32.2. The van der Waals surface area contributed by atoms with Crippen LogP contribution in [0.15, 0.2) is 0 Å². The molecule has 0 unspecified atom stereocenters. The fourth-order valence-corrected chi connectivity index (χ4v) is 3.45. The van der Waals surface area contributed by atoms with Crippen molar-refractivity contribution in [1.82, 2.24) is 4.72 Å². The summed E-state index contributed by atoms with van der Waals surface area (Å²) in [5.41, 5.74) is 4.84. The monoisotopic (exact) mass is 252 g/mol. The van der Waals surface area contributed by atoms with E-state index >= 15 is 0 Å². The van der Waals surface area contributed by atoms with Crippen LogP contribution in [-0.4, -0.2) is 24.7 Å². The quantitative estimate of drug-likeness (QED) is 0.667. The van der Waals surface area contributed by atoms with Gasteiger partial charge in [-0.25, -0.2) is 13.1 Å². The van der Waals surface area contributed by atoms with Crippen LogP contribution in [0.4, 0.5) is 0 Å². The second-order valence-electron chi connectivity index (χ2n) is 3.57. The molecule has 0 bridgehead atoms. The van der Waals surface area contributed by atoms with Crippen LogP contribution in [0.25, 0.3) is 0 Å². The fraction of sp³-hybridized carbons (Fsp3) is 0.889. The van der Waals surface area contributed by atoms with Crippen LogP contribution in [0, 0.1) is 0 Å². The van der Waals surface area contributed by atoms with E-state index < -0.39 is 15.6 Å². The molecule has 0 saturated carbocycles. The summed E-state index contributed by atoms with van der Waals surface area (Å²) in [6, 6.07) is 0. The van der Waals surface area contributed by atoms with Crippen molar-refractivity contribution in [2.24, 2.45) is 5.73 Å². The van der Waals surface area contributed by atoms with E-state index in [-0.39, 0.29) is 10.7 Å². The van der Waals surface area contributed by atoms with Gasteiger partial charge in [0.1, 0.15) is 0 Å². The predicted octanol–water partition coefficient (Wildman–Crippen LogP) is 1.16. The third-order valence-corrected chi connectivity index (χ3v) is 4.54. The molecule has 6 heteroatoms. The molecule has 4 nitrogen and oxygen atoms in total. The summed E-state index contributed by atoms with van der Waals surface area (Å²) in [5.74, 6) is 0.108. The Morgan fingerprint density at radius 3 is 2.07 bits per heavy atom. The maximum Gasteiger partial charge on any atom is 0.212 e. The van der Waals surface area contributed by atoms with Crippen molar-refractivity contribution < 1.29 is 8.42 Å². The van der Waals surface area contributed by atoms with Crippen LogP contribution >= 0.6 is 12.2 Å². The van der Waals surface area contributed by atoms with E-state index in [9.17, 15) is 8.42 Å². The molecule has 15 heavy (non-hydrogen) atoms. The Kier molecular flexibility index (Phi) is 5.69. The highest BCUT2D eigenvalue weighted by molar-refractivity contribution is 7.89. The van der Waals surface area contributed by atoms with Crippen molar-refractivity contribution in [3.8, 4) is 0 Å². The first-order chi connectivity index (χ1) is 6.83. The number of sulfonamides is 1. The first-order valence-corrected chi connectivity index (χ1v) is 7.21. The molecule has 3 N–H and O–H groups in total. The van der Waals surface area contributed by atoms with Gasteiger partial charge >= 0.3 is 0 Å². The third-order valence-electron chi connectivity index (χ3n) is 2.50. The SMILES string of the molecule is CCCS(=O)(=O)NC(CC)(CC)C(N)=S. The smallest absolute Gasteiger partial charge is 0.212 e. The first-order valence-electron chi connectivity index (χ1n) is 5.15. The minimum absolute atomic E-state index is 0.108. The average Bonchev–Trinajstić information content (AvgIpc) is 2.13. The molecule has 0 aromatic carbocycles. The molecular formula is C9H20N2O2S2. The Balaban J connectivity index is 4.92. The van der Waals surface area contributed by atoms with Crippen LogP contribution in [0.2, 0.25) is 0 Å². The van der Waals surface area contributed by atoms with Gasteiger partial charge in [-0.1, -0.05) is 33.0 Å². The molecule has 0 aromatic rings. The number of nitrogens with two attached hydrogens (primary N) is 1. The lowest BCUT2D eigenvalue weighted by Gasteiger charge is -2.31. The van der Waals surface area contributed by atoms with Crippen molar-refractivity contribution >= 4 is 27.2 Å². The second-order valence-corrected chi connectivity index (χ2v) is 5.86. The molecule has 0 saturated heterocycles. The Morgan fingerprint density at radius 1 is 1.33 bits per heavy atom. The van der Waals surface area contributed by atoms with Crippen molar-refractivity contribution in [2.45, 2.75) is 45.6 Å². The average molecular weight is 252 g/mol. The number of rotatable bonds is 7. The van der Waals surface area contributed by atoms with Crippen molar-refractivity contribution in [3.05, 3.63) is 0 Å². The molecule has 0 amide bonds. The molecular weight excluding hydrogens is 232 g/mol. The van der Waals surface area contributed by atoms with Gasteiger partial charge in [0, 0.05) is 0 Å². The maximum absolute atomic E-state index is 11.6. The van der Waals surface area contributed by atoms with Gasteiger partial charge in [-0.15, -0.1) is 0 Å². The lowest BCUT2D eigenvalue weighted by atomic mass is 9.94. The molecule has 90 valence electrons. The zero-order chi connectivity index (χ0) is 12.1. The highest BCUT2D eigenvalue weighted by Gasteiger charge is 2.33. The van der Waals surface area contributed by atoms with Crippen LogP contribution in [-0.2, 0) is 10.0 Å². The van der Waals surface area contributed by atoms with Gasteiger partial charge in [0.15, 0.2) is 0 Å². The number of hydrogen-bond acceptors (Lipinski definition) is 3. The van der Waals surface area contributed by atoms with E-state index in [1.807, 2.05) is 20.8 Å². The minimum atomic E-state index is -3.28. The molecule has 0 aliphatic heterocycles. The highest BCUT2D eigenvalue weighted by Crippen LogP contribution is 2.17. The summed E-state index contributed by atoms with van der Waals surface area (Å²) < 4.78 is 25.9. The van der Waals surface area contributed by atoms with Crippen LogP contribution in [0.3, 0.4) is 0 Å². The summed E-state index contributed by atoms with van der Waals surface area (Å²) in [6.07, 6.45) is 1.72. The number of nitrogens with one attached hydrogen (secondary N) is 1.